The molecule has 2 nitrogen and oxygen atoms in total. The van der Waals surface area contributed by atoms with Gasteiger partial charge in [0.2, 0.25) is 0 Å². The topological polar surface area (TPSA) is 32.6 Å². The number of benzene rings is 2. The second-order valence-corrected chi connectivity index (χ2v) is 3.49. The van der Waals surface area contributed by atoms with Crippen molar-refractivity contribution in [3.05, 3.63) is 65.7 Å². The van der Waals surface area contributed by atoms with E-state index in [0.29, 0.717) is 0 Å². The summed E-state index contributed by atoms with van der Waals surface area (Å²) in [4.78, 5) is 4.34. The van der Waals surface area contributed by atoms with Crippen LogP contribution in [0.3, 0.4) is 0 Å². The van der Waals surface area contributed by atoms with Crippen molar-refractivity contribution in [1.29, 1.82) is 0 Å². The normalized spacial score (nSPS) is 10.8. The van der Waals surface area contributed by atoms with Crippen LogP contribution in [0.25, 0.3) is 0 Å². The highest BCUT2D eigenvalue weighted by atomic mass is 16.3. The molecule has 0 aliphatic carbocycles. The zero-order valence-electron chi connectivity index (χ0n) is 8.88. The van der Waals surface area contributed by atoms with Crippen LogP contribution in [0.2, 0.25) is 0 Å². The standard InChI is InChI=1S/C14H13NO/c16-11-13-8-6-12(7-9-13)10-15-14-4-2-1-3-5-14/h1-10,16H,11H2. The Kier molecular flexibility index (Phi) is 3.46. The van der Waals surface area contributed by atoms with E-state index >= 15 is 0 Å². The molecule has 0 amide bonds. The fourth-order valence-corrected chi connectivity index (χ4v) is 1.37. The average Bonchev–Trinajstić information content (AvgIpc) is 2.38. The molecule has 0 heterocycles. The summed E-state index contributed by atoms with van der Waals surface area (Å²) in [6, 6.07) is 17.5. The first-order valence-electron chi connectivity index (χ1n) is 5.17. The third-order valence-electron chi connectivity index (χ3n) is 2.28. The molecule has 0 aliphatic rings. The summed E-state index contributed by atoms with van der Waals surface area (Å²) in [5.74, 6) is 0. The minimum atomic E-state index is 0.0795. The van der Waals surface area contributed by atoms with Crippen molar-refractivity contribution in [2.24, 2.45) is 4.99 Å². The maximum Gasteiger partial charge on any atom is 0.0681 e. The first-order chi connectivity index (χ1) is 7.88. The smallest absolute Gasteiger partial charge is 0.0681 e. The molecule has 0 spiro atoms. The molecule has 16 heavy (non-hydrogen) atoms. The van der Waals surface area contributed by atoms with E-state index in [-0.39, 0.29) is 6.61 Å². The fourth-order valence-electron chi connectivity index (χ4n) is 1.37. The monoisotopic (exact) mass is 211 g/mol. The Bertz CT molecular complexity index is 460. The SMILES string of the molecule is OCc1ccc(C=Nc2ccccc2)cc1. The predicted molar refractivity (Wildman–Crippen MR) is 66.1 cm³/mol. The largest absolute Gasteiger partial charge is 0.392 e. The van der Waals surface area contributed by atoms with E-state index in [1.165, 1.54) is 0 Å². The average molecular weight is 211 g/mol. The van der Waals surface area contributed by atoms with Gasteiger partial charge in [0.1, 0.15) is 0 Å². The van der Waals surface area contributed by atoms with Gasteiger partial charge in [-0.3, -0.25) is 4.99 Å². The summed E-state index contributed by atoms with van der Waals surface area (Å²) in [6.45, 7) is 0.0795. The third kappa shape index (κ3) is 2.78. The first kappa shape index (κ1) is 10.6. The Labute approximate surface area is 94.9 Å². The molecule has 2 aromatic carbocycles. The van der Waals surface area contributed by atoms with Crippen molar-refractivity contribution in [2.45, 2.75) is 6.61 Å². The molecule has 80 valence electrons. The van der Waals surface area contributed by atoms with Gasteiger partial charge in [-0.15, -0.1) is 0 Å². The molecule has 2 aromatic rings. The summed E-state index contributed by atoms with van der Waals surface area (Å²) in [6.07, 6.45) is 1.82. The number of rotatable bonds is 3. The van der Waals surface area contributed by atoms with Crippen LogP contribution in [-0.4, -0.2) is 11.3 Å². The van der Waals surface area contributed by atoms with Crippen LogP contribution in [0.15, 0.2) is 59.6 Å². The number of nitrogens with zero attached hydrogens (tertiary/aromatic N) is 1. The Balaban J connectivity index is 2.12. The van der Waals surface area contributed by atoms with E-state index in [4.69, 9.17) is 5.11 Å². The molecule has 0 saturated heterocycles. The molecular weight excluding hydrogens is 198 g/mol. The molecular formula is C14H13NO. The van der Waals surface area contributed by atoms with E-state index in [0.717, 1.165) is 16.8 Å². The number of hydrogen-bond donors (Lipinski definition) is 1. The predicted octanol–water partition coefficient (Wildman–Crippen LogP) is 2.93. The molecule has 0 saturated carbocycles. The summed E-state index contributed by atoms with van der Waals surface area (Å²) in [7, 11) is 0. The van der Waals surface area contributed by atoms with Gasteiger partial charge in [0.15, 0.2) is 0 Å². The highest BCUT2D eigenvalue weighted by molar-refractivity contribution is 5.81. The van der Waals surface area contributed by atoms with Crippen LogP contribution in [-0.2, 0) is 6.61 Å². The highest BCUT2D eigenvalue weighted by Gasteiger charge is 1.90. The van der Waals surface area contributed by atoms with Gasteiger partial charge in [0.25, 0.3) is 0 Å². The lowest BCUT2D eigenvalue weighted by Gasteiger charge is -1.96. The number of para-hydroxylation sites is 1. The van der Waals surface area contributed by atoms with Gasteiger partial charge in [-0.2, -0.15) is 0 Å². The van der Waals surface area contributed by atoms with Crippen molar-refractivity contribution in [2.75, 3.05) is 0 Å². The number of aliphatic imine (C=N–C) groups is 1. The summed E-state index contributed by atoms with van der Waals surface area (Å²) >= 11 is 0. The molecule has 2 rings (SSSR count). The summed E-state index contributed by atoms with van der Waals surface area (Å²) in [5, 5.41) is 8.90. The fraction of sp³-hybridized carbons (Fsp3) is 0.0714. The van der Waals surface area contributed by atoms with Gasteiger partial charge in [-0.05, 0) is 23.3 Å². The molecule has 0 aliphatic heterocycles. The van der Waals surface area contributed by atoms with Gasteiger partial charge in [-0.1, -0.05) is 42.5 Å². The maximum absolute atomic E-state index is 8.90. The Morgan fingerprint density at radius 1 is 0.938 bits per heavy atom. The molecule has 0 aromatic heterocycles. The Hall–Kier alpha value is -1.93. The summed E-state index contributed by atoms with van der Waals surface area (Å²) in [5.41, 5.74) is 2.88. The van der Waals surface area contributed by atoms with Gasteiger partial charge in [0, 0.05) is 6.21 Å². The lowest BCUT2D eigenvalue weighted by molar-refractivity contribution is 0.282. The molecule has 0 fully saturated rings. The summed E-state index contributed by atoms with van der Waals surface area (Å²) < 4.78 is 0. The van der Waals surface area contributed by atoms with Gasteiger partial charge >= 0.3 is 0 Å². The van der Waals surface area contributed by atoms with E-state index in [1.54, 1.807) is 0 Å². The van der Waals surface area contributed by atoms with E-state index in [1.807, 2.05) is 60.8 Å². The first-order valence-corrected chi connectivity index (χ1v) is 5.17. The molecule has 0 unspecified atom stereocenters. The van der Waals surface area contributed by atoms with Gasteiger partial charge in [-0.25, -0.2) is 0 Å². The third-order valence-corrected chi connectivity index (χ3v) is 2.28. The molecule has 0 atom stereocenters. The maximum atomic E-state index is 8.90. The van der Waals surface area contributed by atoms with Crippen molar-refractivity contribution >= 4 is 11.9 Å². The Morgan fingerprint density at radius 2 is 1.62 bits per heavy atom. The second-order valence-electron chi connectivity index (χ2n) is 3.49. The minimum Gasteiger partial charge on any atom is -0.392 e. The van der Waals surface area contributed by atoms with Crippen LogP contribution < -0.4 is 0 Å². The minimum absolute atomic E-state index is 0.0795. The highest BCUT2D eigenvalue weighted by Crippen LogP contribution is 2.10. The van der Waals surface area contributed by atoms with Crippen LogP contribution in [0, 0.1) is 0 Å². The van der Waals surface area contributed by atoms with Crippen LogP contribution in [0.4, 0.5) is 5.69 Å². The van der Waals surface area contributed by atoms with Crippen molar-refractivity contribution < 1.29 is 5.11 Å². The Morgan fingerprint density at radius 3 is 2.25 bits per heavy atom. The molecule has 0 radical (unpaired) electrons. The number of aliphatic hydroxyl groups is 1. The van der Waals surface area contributed by atoms with Gasteiger partial charge in [0.05, 0.1) is 12.3 Å². The van der Waals surface area contributed by atoms with Crippen LogP contribution in [0.1, 0.15) is 11.1 Å². The zero-order chi connectivity index (χ0) is 11.2. The second kappa shape index (κ2) is 5.24. The molecule has 1 N–H and O–H groups in total. The lowest BCUT2D eigenvalue weighted by Crippen LogP contribution is -1.84. The van der Waals surface area contributed by atoms with Gasteiger partial charge < -0.3 is 5.11 Å². The van der Waals surface area contributed by atoms with E-state index in [2.05, 4.69) is 4.99 Å². The van der Waals surface area contributed by atoms with Crippen molar-refractivity contribution in [1.82, 2.24) is 0 Å². The van der Waals surface area contributed by atoms with E-state index < -0.39 is 0 Å². The van der Waals surface area contributed by atoms with Crippen LogP contribution >= 0.6 is 0 Å². The zero-order valence-corrected chi connectivity index (χ0v) is 8.88. The number of hydrogen-bond acceptors (Lipinski definition) is 2. The van der Waals surface area contributed by atoms with E-state index in [9.17, 15) is 0 Å². The van der Waals surface area contributed by atoms with Crippen LogP contribution in [0.5, 0.6) is 0 Å². The lowest BCUT2D eigenvalue weighted by atomic mass is 10.1. The molecule has 0 bridgehead atoms. The number of aliphatic hydroxyl groups excluding tert-OH is 1. The van der Waals surface area contributed by atoms with Crippen molar-refractivity contribution in [3.63, 3.8) is 0 Å². The van der Waals surface area contributed by atoms with Crippen molar-refractivity contribution in [3.8, 4) is 0 Å². The quantitative estimate of drug-likeness (QED) is 0.778. The molecule has 2 heteroatoms.